The van der Waals surface area contributed by atoms with Crippen molar-refractivity contribution < 1.29 is 14.4 Å². The van der Waals surface area contributed by atoms with Crippen LogP contribution in [0.4, 0.5) is 4.79 Å². The van der Waals surface area contributed by atoms with Crippen LogP contribution in [0.5, 0.6) is 0 Å². The number of ether oxygens (including phenoxy) is 1. The van der Waals surface area contributed by atoms with E-state index in [-0.39, 0.29) is 11.6 Å². The molecule has 1 spiro atoms. The lowest BCUT2D eigenvalue weighted by Gasteiger charge is -2.40. The maximum Gasteiger partial charge on any atom is 0.320 e. The number of carbonyl (C=O) groups excluding carboxylic acids is 1. The van der Waals surface area contributed by atoms with E-state index in [1.54, 1.807) is 0 Å². The Balaban J connectivity index is 1.37. The van der Waals surface area contributed by atoms with E-state index in [0.717, 1.165) is 38.1 Å². The van der Waals surface area contributed by atoms with Gasteiger partial charge in [-0.05, 0) is 24.0 Å². The van der Waals surface area contributed by atoms with Crippen LogP contribution < -0.4 is 5.59 Å². The van der Waals surface area contributed by atoms with E-state index in [2.05, 4.69) is 35.0 Å². The van der Waals surface area contributed by atoms with Crippen molar-refractivity contribution in [2.24, 2.45) is 5.10 Å². The third-order valence-corrected chi connectivity index (χ3v) is 5.46. The molecule has 2 saturated heterocycles. The number of urea groups is 1. The van der Waals surface area contributed by atoms with Gasteiger partial charge in [0.05, 0.1) is 31.6 Å². The first-order valence-corrected chi connectivity index (χ1v) is 8.81. The zero-order valence-corrected chi connectivity index (χ0v) is 14.5. The standard InChI is InChI=1S/C18H24N4O3/c1-24-20-19-15-6-9-22(12-15)17(23)21-10-7-18(8-11-21)16-5-3-2-4-14(16)13-25-18/h2-5,20H,6-13H2,1H3/b19-15+. The number of piperidine rings is 1. The molecular weight excluding hydrogens is 320 g/mol. The molecule has 2 amide bonds. The summed E-state index contributed by atoms with van der Waals surface area (Å²) >= 11 is 0. The van der Waals surface area contributed by atoms with Gasteiger partial charge in [-0.2, -0.15) is 10.7 Å². The Morgan fingerprint density at radius 1 is 1.24 bits per heavy atom. The molecule has 7 nitrogen and oxygen atoms in total. The van der Waals surface area contributed by atoms with Gasteiger partial charge in [0, 0.05) is 26.1 Å². The average molecular weight is 344 g/mol. The highest BCUT2D eigenvalue weighted by atomic mass is 16.7. The van der Waals surface area contributed by atoms with Crippen molar-refractivity contribution in [1.82, 2.24) is 15.4 Å². The van der Waals surface area contributed by atoms with Crippen molar-refractivity contribution in [2.45, 2.75) is 31.5 Å². The molecule has 3 aliphatic heterocycles. The van der Waals surface area contributed by atoms with Crippen molar-refractivity contribution in [3.63, 3.8) is 0 Å². The van der Waals surface area contributed by atoms with Crippen LogP contribution in [-0.4, -0.2) is 54.8 Å². The fraction of sp³-hybridized carbons (Fsp3) is 0.556. The molecular formula is C18H24N4O3. The van der Waals surface area contributed by atoms with Crippen LogP contribution in [-0.2, 0) is 21.8 Å². The van der Waals surface area contributed by atoms with Crippen LogP contribution >= 0.6 is 0 Å². The van der Waals surface area contributed by atoms with E-state index in [0.29, 0.717) is 19.7 Å². The topological polar surface area (TPSA) is 66.4 Å². The Bertz CT molecular complexity index is 683. The number of hydrogen-bond acceptors (Lipinski definition) is 5. The minimum atomic E-state index is -0.201. The lowest BCUT2D eigenvalue weighted by Crippen LogP contribution is -2.49. The molecule has 0 bridgehead atoms. The van der Waals surface area contributed by atoms with E-state index in [1.165, 1.54) is 18.2 Å². The predicted octanol–water partition coefficient (Wildman–Crippen LogP) is 1.84. The highest BCUT2D eigenvalue weighted by molar-refractivity contribution is 5.92. The number of hydrogen-bond donors (Lipinski definition) is 1. The Morgan fingerprint density at radius 2 is 2.04 bits per heavy atom. The molecule has 3 heterocycles. The van der Waals surface area contributed by atoms with Crippen LogP contribution in [0.25, 0.3) is 0 Å². The summed E-state index contributed by atoms with van der Waals surface area (Å²) in [6.07, 6.45) is 2.50. The SMILES string of the molecule is CON/N=C1\CCN(C(=O)N2CCC3(CC2)OCc2ccccc23)C1. The molecule has 4 rings (SSSR count). The fourth-order valence-electron chi connectivity index (χ4n) is 4.06. The number of nitrogens with zero attached hydrogens (tertiary/aromatic N) is 3. The van der Waals surface area contributed by atoms with Crippen molar-refractivity contribution in [3.05, 3.63) is 35.4 Å². The van der Waals surface area contributed by atoms with Crippen LogP contribution in [0, 0.1) is 0 Å². The van der Waals surface area contributed by atoms with E-state index >= 15 is 0 Å². The molecule has 1 N–H and O–H groups in total. The molecule has 0 atom stereocenters. The van der Waals surface area contributed by atoms with Crippen molar-refractivity contribution in [2.75, 3.05) is 33.3 Å². The first-order chi connectivity index (χ1) is 12.2. The van der Waals surface area contributed by atoms with Crippen LogP contribution in [0.1, 0.15) is 30.4 Å². The molecule has 0 unspecified atom stereocenters. The van der Waals surface area contributed by atoms with E-state index in [4.69, 9.17) is 9.57 Å². The number of likely N-dealkylation sites (tertiary alicyclic amines) is 2. The lowest BCUT2D eigenvalue weighted by molar-refractivity contribution is -0.0739. The zero-order chi connectivity index (χ0) is 17.3. The second kappa shape index (κ2) is 6.65. The van der Waals surface area contributed by atoms with Gasteiger partial charge < -0.3 is 14.5 Å². The van der Waals surface area contributed by atoms with Crippen molar-refractivity contribution >= 4 is 11.7 Å². The number of amides is 2. The molecule has 1 aromatic carbocycles. The number of carbonyl (C=O) groups is 1. The number of fused-ring (bicyclic) bond motifs is 2. The Labute approximate surface area is 147 Å². The second-order valence-electron chi connectivity index (χ2n) is 6.85. The van der Waals surface area contributed by atoms with Gasteiger partial charge in [0.15, 0.2) is 0 Å². The maximum absolute atomic E-state index is 12.8. The van der Waals surface area contributed by atoms with Crippen LogP contribution in [0.3, 0.4) is 0 Å². The number of nitrogens with one attached hydrogen (secondary N) is 1. The summed E-state index contributed by atoms with van der Waals surface area (Å²) in [6.45, 7) is 3.42. The number of hydrazone groups is 1. The first kappa shape index (κ1) is 16.4. The zero-order valence-electron chi connectivity index (χ0n) is 14.5. The lowest BCUT2D eigenvalue weighted by atomic mass is 9.84. The second-order valence-corrected chi connectivity index (χ2v) is 6.85. The highest BCUT2D eigenvalue weighted by Gasteiger charge is 2.43. The van der Waals surface area contributed by atoms with Gasteiger partial charge in [0.1, 0.15) is 0 Å². The summed E-state index contributed by atoms with van der Waals surface area (Å²) in [7, 11) is 1.52. The molecule has 0 saturated carbocycles. The third-order valence-electron chi connectivity index (χ3n) is 5.46. The Kier molecular flexibility index (Phi) is 4.35. The van der Waals surface area contributed by atoms with Gasteiger partial charge in [0.2, 0.25) is 0 Å². The highest BCUT2D eigenvalue weighted by Crippen LogP contribution is 2.44. The third kappa shape index (κ3) is 2.98. The van der Waals surface area contributed by atoms with Crippen molar-refractivity contribution in [3.8, 4) is 0 Å². The van der Waals surface area contributed by atoms with Gasteiger partial charge in [0.25, 0.3) is 0 Å². The molecule has 25 heavy (non-hydrogen) atoms. The Morgan fingerprint density at radius 3 is 2.84 bits per heavy atom. The minimum absolute atomic E-state index is 0.101. The average Bonchev–Trinajstić information content (AvgIpc) is 3.26. The normalized spacial score (nSPS) is 23.3. The predicted molar refractivity (Wildman–Crippen MR) is 92.9 cm³/mol. The van der Waals surface area contributed by atoms with Crippen LogP contribution in [0.2, 0.25) is 0 Å². The summed E-state index contributed by atoms with van der Waals surface area (Å²) in [5, 5.41) is 4.11. The summed E-state index contributed by atoms with van der Waals surface area (Å²) in [5.41, 5.74) is 5.83. The molecule has 0 aromatic heterocycles. The number of rotatable bonds is 2. The van der Waals surface area contributed by atoms with Gasteiger partial charge >= 0.3 is 6.03 Å². The molecule has 0 radical (unpaired) electrons. The smallest absolute Gasteiger partial charge is 0.320 e. The minimum Gasteiger partial charge on any atom is -0.365 e. The van der Waals surface area contributed by atoms with Crippen LogP contribution in [0.15, 0.2) is 29.4 Å². The molecule has 2 fully saturated rings. The Hall–Kier alpha value is -2.12. The largest absolute Gasteiger partial charge is 0.365 e. The van der Waals surface area contributed by atoms with Gasteiger partial charge in [-0.25, -0.2) is 4.79 Å². The van der Waals surface area contributed by atoms with E-state index in [9.17, 15) is 4.79 Å². The molecule has 0 aliphatic carbocycles. The van der Waals surface area contributed by atoms with Crippen molar-refractivity contribution in [1.29, 1.82) is 0 Å². The maximum atomic E-state index is 12.8. The first-order valence-electron chi connectivity index (χ1n) is 8.81. The molecule has 1 aromatic rings. The van der Waals surface area contributed by atoms with E-state index in [1.807, 2.05) is 9.80 Å². The van der Waals surface area contributed by atoms with Gasteiger partial charge in [-0.3, -0.25) is 4.84 Å². The molecule has 7 heteroatoms. The monoisotopic (exact) mass is 344 g/mol. The summed E-state index contributed by atoms with van der Waals surface area (Å²) in [6, 6.07) is 8.55. The van der Waals surface area contributed by atoms with E-state index < -0.39 is 0 Å². The molecule has 134 valence electrons. The summed E-state index contributed by atoms with van der Waals surface area (Å²) in [5.74, 6) is 0. The quantitative estimate of drug-likeness (QED) is 0.832. The van der Waals surface area contributed by atoms with Gasteiger partial charge in [-0.15, -0.1) is 0 Å². The molecule has 3 aliphatic rings. The summed E-state index contributed by atoms with van der Waals surface area (Å²) in [4.78, 5) is 21.3. The number of benzene rings is 1. The summed E-state index contributed by atoms with van der Waals surface area (Å²) < 4.78 is 6.17. The van der Waals surface area contributed by atoms with Gasteiger partial charge in [-0.1, -0.05) is 24.3 Å². The fourth-order valence-corrected chi connectivity index (χ4v) is 4.06.